The van der Waals surface area contributed by atoms with Crippen LogP contribution in [0.5, 0.6) is 0 Å². The molecule has 236 valence electrons. The van der Waals surface area contributed by atoms with Gasteiger partial charge in [-0.25, -0.2) is 9.59 Å². The first-order valence-corrected chi connectivity index (χ1v) is 14.5. The number of esters is 1. The van der Waals surface area contributed by atoms with Gasteiger partial charge in [0.05, 0.1) is 6.61 Å². The lowest BCUT2D eigenvalue weighted by molar-refractivity contribution is -0.137. The van der Waals surface area contributed by atoms with E-state index in [4.69, 9.17) is 15.2 Å². The van der Waals surface area contributed by atoms with Gasteiger partial charge in [0.1, 0.15) is 18.7 Å². The highest BCUT2D eigenvalue weighted by molar-refractivity contribution is 5.92. The van der Waals surface area contributed by atoms with Crippen LogP contribution in [0, 0.1) is 11.8 Å². The van der Waals surface area contributed by atoms with Crippen LogP contribution < -0.4 is 27.0 Å². The van der Waals surface area contributed by atoms with Crippen LogP contribution in [0.4, 0.5) is 4.79 Å². The van der Waals surface area contributed by atoms with E-state index in [9.17, 15) is 28.8 Å². The summed E-state index contributed by atoms with van der Waals surface area (Å²) in [5, 5.41) is 10.7. The van der Waals surface area contributed by atoms with E-state index in [0.717, 1.165) is 5.56 Å². The number of amides is 5. The number of hydrogen-bond acceptors (Lipinski definition) is 8. The minimum atomic E-state index is -1.21. The Morgan fingerprint density at radius 2 is 1.72 bits per heavy atom. The Morgan fingerprint density at radius 1 is 1.02 bits per heavy atom. The zero-order valence-corrected chi connectivity index (χ0v) is 24.9. The van der Waals surface area contributed by atoms with Crippen LogP contribution in [0.15, 0.2) is 42.5 Å². The summed E-state index contributed by atoms with van der Waals surface area (Å²) in [6.45, 7) is 6.08. The summed E-state index contributed by atoms with van der Waals surface area (Å²) in [6.07, 6.45) is 2.55. The van der Waals surface area contributed by atoms with Crippen LogP contribution in [0.1, 0.15) is 58.4 Å². The summed E-state index contributed by atoms with van der Waals surface area (Å²) < 4.78 is 10.1. The highest BCUT2D eigenvalue weighted by Crippen LogP contribution is 2.17. The molecule has 1 aliphatic heterocycles. The molecule has 43 heavy (non-hydrogen) atoms. The van der Waals surface area contributed by atoms with E-state index in [1.807, 2.05) is 19.9 Å². The Labute approximate surface area is 251 Å². The van der Waals surface area contributed by atoms with Crippen LogP contribution in [0.2, 0.25) is 0 Å². The number of benzene rings is 1. The average Bonchev–Trinajstić information content (AvgIpc) is 3.36. The molecule has 0 bridgehead atoms. The molecule has 0 radical (unpaired) electrons. The number of primary amides is 1. The topological polar surface area (TPSA) is 195 Å². The first-order valence-electron chi connectivity index (χ1n) is 14.5. The Hall–Kier alpha value is -4.42. The monoisotopic (exact) mass is 601 g/mol. The van der Waals surface area contributed by atoms with Crippen molar-refractivity contribution < 1.29 is 38.2 Å². The molecule has 0 aromatic heterocycles. The highest BCUT2D eigenvalue weighted by atomic mass is 16.5. The number of alkyl carbamates (subject to hydrolysis) is 1. The van der Waals surface area contributed by atoms with Crippen molar-refractivity contribution in [1.29, 1.82) is 0 Å². The molecule has 0 aliphatic carbocycles. The van der Waals surface area contributed by atoms with Crippen molar-refractivity contribution in [1.82, 2.24) is 21.3 Å². The summed E-state index contributed by atoms with van der Waals surface area (Å²) >= 11 is 0. The predicted octanol–water partition coefficient (Wildman–Crippen LogP) is 1.21. The third-order valence-electron chi connectivity index (χ3n) is 6.62. The summed E-state index contributed by atoms with van der Waals surface area (Å²) in [5.41, 5.74) is 6.02. The van der Waals surface area contributed by atoms with Gasteiger partial charge in [-0.1, -0.05) is 50.3 Å². The van der Waals surface area contributed by atoms with Crippen molar-refractivity contribution in [3.05, 3.63) is 48.0 Å². The molecule has 2 rings (SSSR count). The highest BCUT2D eigenvalue weighted by Gasteiger charge is 2.31. The van der Waals surface area contributed by atoms with E-state index in [-0.39, 0.29) is 56.6 Å². The van der Waals surface area contributed by atoms with Crippen LogP contribution >= 0.6 is 0 Å². The number of rotatable bonds is 17. The van der Waals surface area contributed by atoms with E-state index in [0.29, 0.717) is 13.0 Å². The van der Waals surface area contributed by atoms with Gasteiger partial charge in [0.2, 0.25) is 23.6 Å². The van der Waals surface area contributed by atoms with E-state index in [1.54, 1.807) is 31.2 Å². The number of ether oxygens (including phenoxy) is 2. The molecule has 0 saturated carbocycles. The fourth-order valence-electron chi connectivity index (χ4n) is 4.47. The number of carbonyl (C=O) groups excluding carboxylic acids is 6. The molecule has 0 spiro atoms. The molecular weight excluding hydrogens is 558 g/mol. The molecule has 0 unspecified atom stereocenters. The lowest BCUT2D eigenvalue weighted by Crippen LogP contribution is -2.55. The summed E-state index contributed by atoms with van der Waals surface area (Å²) in [4.78, 5) is 74.8. The normalized spacial score (nSPS) is 16.6. The average molecular weight is 602 g/mol. The van der Waals surface area contributed by atoms with Gasteiger partial charge in [0.15, 0.2) is 0 Å². The number of carbonyl (C=O) groups is 6. The Balaban J connectivity index is 2.14. The third kappa shape index (κ3) is 13.4. The van der Waals surface area contributed by atoms with Crippen molar-refractivity contribution in [2.24, 2.45) is 17.6 Å². The minimum Gasteiger partial charge on any atom is -0.463 e. The zero-order chi connectivity index (χ0) is 31.8. The summed E-state index contributed by atoms with van der Waals surface area (Å²) in [5.74, 6) is -3.02. The number of hydrogen-bond donors (Lipinski definition) is 5. The van der Waals surface area contributed by atoms with Gasteiger partial charge >= 0.3 is 12.1 Å². The fourth-order valence-corrected chi connectivity index (χ4v) is 4.47. The number of nitrogens with one attached hydrogen (secondary N) is 4. The molecule has 1 aromatic carbocycles. The molecular formula is C30H43N5O8. The fraction of sp³-hybridized carbons (Fsp3) is 0.533. The van der Waals surface area contributed by atoms with Crippen molar-refractivity contribution in [2.75, 3.05) is 13.2 Å². The standard InChI is InChI=1S/C30H43N5O8/c1-4-42-26(37)13-10-22(17-21-14-15-32-27(21)38)33-29(40)24(16-19(2)3)34-28(39)23(11-12-25(31)36)35-30(41)43-18-20-8-6-5-7-9-20/h5-10,13,19,21-24H,4,11-12,14-18H2,1-3H3,(H2,31,36)(H,32,38)(H,33,40)(H,34,39)(H,35,41)/b13-10+/t21-,22+,23-,24-/m0/s1. The lowest BCUT2D eigenvalue weighted by atomic mass is 9.96. The second-order valence-electron chi connectivity index (χ2n) is 10.7. The molecule has 1 saturated heterocycles. The van der Waals surface area contributed by atoms with E-state index in [1.165, 1.54) is 12.2 Å². The Morgan fingerprint density at radius 3 is 2.33 bits per heavy atom. The van der Waals surface area contributed by atoms with Crippen molar-refractivity contribution >= 4 is 35.7 Å². The molecule has 5 amide bonds. The molecule has 1 aliphatic rings. The predicted molar refractivity (Wildman–Crippen MR) is 157 cm³/mol. The molecule has 1 heterocycles. The van der Waals surface area contributed by atoms with Crippen molar-refractivity contribution in [3.8, 4) is 0 Å². The maximum Gasteiger partial charge on any atom is 0.408 e. The lowest BCUT2D eigenvalue weighted by Gasteiger charge is -2.26. The first-order chi connectivity index (χ1) is 20.5. The van der Waals surface area contributed by atoms with Crippen LogP contribution in [0.3, 0.4) is 0 Å². The maximum atomic E-state index is 13.5. The minimum absolute atomic E-state index is 0.0157. The summed E-state index contributed by atoms with van der Waals surface area (Å²) in [6, 6.07) is 6.01. The smallest absolute Gasteiger partial charge is 0.408 e. The van der Waals surface area contributed by atoms with Crippen LogP contribution in [-0.4, -0.2) is 67.0 Å². The molecule has 13 nitrogen and oxygen atoms in total. The number of nitrogens with two attached hydrogens (primary N) is 1. The van der Waals surface area contributed by atoms with Crippen molar-refractivity contribution in [3.63, 3.8) is 0 Å². The second kappa shape index (κ2) is 18.2. The van der Waals surface area contributed by atoms with Gasteiger partial charge in [-0.2, -0.15) is 0 Å². The first kappa shape index (κ1) is 34.8. The van der Waals surface area contributed by atoms with Crippen LogP contribution in [-0.2, 0) is 40.1 Å². The quantitative estimate of drug-likeness (QED) is 0.130. The van der Waals surface area contributed by atoms with Gasteiger partial charge in [0.25, 0.3) is 0 Å². The van der Waals surface area contributed by atoms with Gasteiger partial charge in [-0.05, 0) is 44.1 Å². The maximum absolute atomic E-state index is 13.5. The largest absolute Gasteiger partial charge is 0.463 e. The Bertz CT molecular complexity index is 1140. The molecule has 1 aromatic rings. The van der Waals surface area contributed by atoms with Gasteiger partial charge in [-0.15, -0.1) is 0 Å². The van der Waals surface area contributed by atoms with Crippen LogP contribution in [0.25, 0.3) is 0 Å². The molecule has 13 heteroatoms. The molecule has 1 fully saturated rings. The van der Waals surface area contributed by atoms with E-state index in [2.05, 4.69) is 21.3 Å². The Kier molecular flexibility index (Phi) is 14.7. The second-order valence-corrected chi connectivity index (χ2v) is 10.7. The van der Waals surface area contributed by atoms with Gasteiger partial charge < -0.3 is 36.5 Å². The van der Waals surface area contributed by atoms with E-state index < -0.39 is 47.9 Å². The molecule has 4 atom stereocenters. The molecule has 6 N–H and O–H groups in total. The zero-order valence-electron chi connectivity index (χ0n) is 24.9. The van der Waals surface area contributed by atoms with Gasteiger partial charge in [-0.3, -0.25) is 19.2 Å². The van der Waals surface area contributed by atoms with Crippen molar-refractivity contribution in [2.45, 2.75) is 77.6 Å². The van der Waals surface area contributed by atoms with Gasteiger partial charge in [0, 0.05) is 31.0 Å². The SMILES string of the molecule is CCOC(=O)/C=C/[C@H](C[C@@H]1CCNC1=O)NC(=O)[C@H](CC(C)C)NC(=O)[C@H](CCC(N)=O)NC(=O)OCc1ccccc1. The third-order valence-corrected chi connectivity index (χ3v) is 6.62. The summed E-state index contributed by atoms with van der Waals surface area (Å²) in [7, 11) is 0. The van der Waals surface area contributed by atoms with E-state index >= 15 is 0 Å².